The van der Waals surface area contributed by atoms with E-state index in [1.807, 2.05) is 6.07 Å². The number of ether oxygens (including phenoxy) is 1. The molecular formula is C11H16N4O2. The normalized spacial score (nSPS) is 11.9. The topological polar surface area (TPSA) is 95.4 Å². The number of methoxy groups -OCH3 is 1. The molecule has 17 heavy (non-hydrogen) atoms. The van der Waals surface area contributed by atoms with Crippen LogP contribution in [0.25, 0.3) is 0 Å². The highest BCUT2D eigenvalue weighted by atomic mass is 16.5. The number of nitrogen functional groups attached to an aromatic ring is 1. The van der Waals surface area contributed by atoms with E-state index in [1.54, 1.807) is 24.1 Å². The largest absolute Gasteiger partial charge is 0.396 e. The molecule has 0 saturated carbocycles. The molecule has 6 heteroatoms. The Labute approximate surface area is 100 Å². The lowest BCUT2D eigenvalue weighted by Crippen LogP contribution is -2.32. The number of likely N-dealkylation sites (N-methyl/N-ethyl adjacent to an activating group) is 1. The maximum atomic E-state index is 9.58. The maximum absolute atomic E-state index is 9.58. The Balaban J connectivity index is 2.76. The number of hydrogen-bond donors (Lipinski definition) is 2. The minimum atomic E-state index is -0.602. The average Bonchev–Trinajstić information content (AvgIpc) is 2.29. The Morgan fingerprint density at radius 3 is 2.94 bits per heavy atom. The van der Waals surface area contributed by atoms with E-state index in [2.05, 4.69) is 4.98 Å². The van der Waals surface area contributed by atoms with Crippen LogP contribution < -0.4 is 10.6 Å². The van der Waals surface area contributed by atoms with Crippen molar-refractivity contribution in [2.45, 2.75) is 6.10 Å². The number of hydrogen-bond acceptors (Lipinski definition) is 6. The molecule has 1 atom stereocenters. The van der Waals surface area contributed by atoms with E-state index >= 15 is 0 Å². The summed E-state index contributed by atoms with van der Waals surface area (Å²) in [5, 5.41) is 18.4. The third-order valence-electron chi connectivity index (χ3n) is 2.25. The van der Waals surface area contributed by atoms with Crippen LogP contribution in [0.2, 0.25) is 0 Å². The highest BCUT2D eigenvalue weighted by Gasteiger charge is 2.11. The van der Waals surface area contributed by atoms with Crippen molar-refractivity contribution in [3.63, 3.8) is 0 Å². The van der Waals surface area contributed by atoms with Gasteiger partial charge in [-0.15, -0.1) is 0 Å². The minimum Gasteiger partial charge on any atom is -0.396 e. The van der Waals surface area contributed by atoms with Gasteiger partial charge < -0.3 is 20.5 Å². The van der Waals surface area contributed by atoms with E-state index in [0.717, 1.165) is 0 Å². The number of aromatic nitrogens is 1. The molecule has 0 aliphatic heterocycles. The van der Waals surface area contributed by atoms with E-state index in [9.17, 15) is 5.11 Å². The second-order valence-corrected chi connectivity index (χ2v) is 3.71. The fourth-order valence-electron chi connectivity index (χ4n) is 1.42. The number of aliphatic hydroxyl groups is 1. The third-order valence-corrected chi connectivity index (χ3v) is 2.25. The van der Waals surface area contributed by atoms with Crippen molar-refractivity contribution in [3.05, 3.63) is 17.8 Å². The van der Waals surface area contributed by atoms with Crippen molar-refractivity contribution in [1.82, 2.24) is 4.98 Å². The summed E-state index contributed by atoms with van der Waals surface area (Å²) in [6.07, 6.45) is -0.602. The molecule has 0 aliphatic rings. The number of nitrogens with zero attached hydrogens (tertiary/aromatic N) is 3. The van der Waals surface area contributed by atoms with Gasteiger partial charge in [-0.05, 0) is 12.1 Å². The lowest BCUT2D eigenvalue weighted by atomic mass is 10.3. The molecule has 1 aromatic heterocycles. The van der Waals surface area contributed by atoms with Gasteiger partial charge in [0.05, 0.1) is 18.4 Å². The van der Waals surface area contributed by atoms with Crippen LogP contribution in [0.4, 0.5) is 11.5 Å². The van der Waals surface area contributed by atoms with Gasteiger partial charge in [-0.3, -0.25) is 0 Å². The summed E-state index contributed by atoms with van der Waals surface area (Å²) in [6.45, 7) is 0.625. The smallest absolute Gasteiger partial charge is 0.165 e. The van der Waals surface area contributed by atoms with Gasteiger partial charge in [0.25, 0.3) is 0 Å². The molecule has 0 fully saturated rings. The van der Waals surface area contributed by atoms with E-state index in [0.29, 0.717) is 18.1 Å². The first-order chi connectivity index (χ1) is 8.08. The van der Waals surface area contributed by atoms with E-state index in [-0.39, 0.29) is 12.3 Å². The van der Waals surface area contributed by atoms with Gasteiger partial charge in [0, 0.05) is 20.7 Å². The number of rotatable bonds is 5. The molecule has 1 heterocycles. The van der Waals surface area contributed by atoms with Crippen molar-refractivity contribution in [1.29, 1.82) is 5.26 Å². The minimum absolute atomic E-state index is 0.190. The lowest BCUT2D eigenvalue weighted by molar-refractivity contribution is 0.0694. The molecule has 3 N–H and O–H groups in total. The zero-order chi connectivity index (χ0) is 12.8. The number of nitriles is 1. The van der Waals surface area contributed by atoms with Crippen LogP contribution in [0, 0.1) is 11.3 Å². The highest BCUT2D eigenvalue weighted by molar-refractivity contribution is 5.55. The molecule has 0 saturated heterocycles. The molecule has 92 valence electrons. The van der Waals surface area contributed by atoms with Gasteiger partial charge in [-0.2, -0.15) is 5.26 Å². The van der Waals surface area contributed by atoms with Crippen molar-refractivity contribution >= 4 is 11.5 Å². The fraction of sp³-hybridized carbons (Fsp3) is 0.455. The molecule has 1 aromatic rings. The number of nitrogens with two attached hydrogens (primary N) is 1. The second-order valence-electron chi connectivity index (χ2n) is 3.71. The van der Waals surface area contributed by atoms with Crippen LogP contribution in [0.1, 0.15) is 5.69 Å². The molecular weight excluding hydrogens is 220 g/mol. The molecule has 6 nitrogen and oxygen atoms in total. The second kappa shape index (κ2) is 6.03. The summed E-state index contributed by atoms with van der Waals surface area (Å²) in [6, 6.07) is 5.25. The van der Waals surface area contributed by atoms with Gasteiger partial charge in [0.15, 0.2) is 5.69 Å². The van der Waals surface area contributed by atoms with Crippen LogP contribution in [0.3, 0.4) is 0 Å². The molecule has 1 unspecified atom stereocenters. The SMILES string of the molecule is COCC(O)CN(C)c1ccc(N)c(C#N)n1. The summed E-state index contributed by atoms with van der Waals surface area (Å²) in [5.41, 5.74) is 6.12. The zero-order valence-electron chi connectivity index (χ0n) is 9.92. The van der Waals surface area contributed by atoms with Gasteiger partial charge >= 0.3 is 0 Å². The van der Waals surface area contributed by atoms with Crippen LogP contribution in [-0.2, 0) is 4.74 Å². The number of anilines is 2. The molecule has 0 aliphatic carbocycles. The van der Waals surface area contributed by atoms with Crippen molar-refractivity contribution in [3.8, 4) is 6.07 Å². The molecule has 0 amide bonds. The maximum Gasteiger partial charge on any atom is 0.165 e. The van der Waals surface area contributed by atoms with Gasteiger partial charge in [0.1, 0.15) is 11.9 Å². The Bertz CT molecular complexity index is 416. The number of pyridine rings is 1. The van der Waals surface area contributed by atoms with Crippen LogP contribution >= 0.6 is 0 Å². The molecule has 0 bridgehead atoms. The van der Waals surface area contributed by atoms with Gasteiger partial charge in [-0.1, -0.05) is 0 Å². The summed E-state index contributed by atoms with van der Waals surface area (Å²) in [4.78, 5) is 5.83. The van der Waals surface area contributed by atoms with Crippen molar-refractivity contribution in [2.75, 3.05) is 37.9 Å². The van der Waals surface area contributed by atoms with Crippen LogP contribution in [0.5, 0.6) is 0 Å². The highest BCUT2D eigenvalue weighted by Crippen LogP contribution is 2.15. The standard InChI is InChI=1S/C11H16N4O2/c1-15(6-8(16)7-17-2)11-4-3-9(13)10(5-12)14-11/h3-4,8,16H,6-7,13H2,1-2H3. The molecule has 0 spiro atoms. The van der Waals surface area contributed by atoms with Crippen molar-refractivity contribution < 1.29 is 9.84 Å². The van der Waals surface area contributed by atoms with Crippen molar-refractivity contribution in [2.24, 2.45) is 0 Å². The third kappa shape index (κ3) is 3.59. The Kier molecular flexibility index (Phi) is 4.69. The number of aliphatic hydroxyl groups excluding tert-OH is 1. The zero-order valence-corrected chi connectivity index (χ0v) is 9.92. The predicted molar refractivity (Wildman–Crippen MR) is 64.5 cm³/mol. The Hall–Kier alpha value is -1.84. The average molecular weight is 236 g/mol. The summed E-state index contributed by atoms with van der Waals surface area (Å²) in [7, 11) is 3.30. The predicted octanol–water partition coefficient (Wildman–Crippen LogP) is -0.0210. The lowest BCUT2D eigenvalue weighted by Gasteiger charge is -2.21. The molecule has 0 radical (unpaired) electrons. The fourth-order valence-corrected chi connectivity index (χ4v) is 1.42. The Morgan fingerprint density at radius 2 is 2.35 bits per heavy atom. The van der Waals surface area contributed by atoms with E-state index in [1.165, 1.54) is 7.11 Å². The summed E-state index contributed by atoms with van der Waals surface area (Å²) >= 11 is 0. The first kappa shape index (κ1) is 13.2. The van der Waals surface area contributed by atoms with E-state index < -0.39 is 6.10 Å². The molecule has 1 rings (SSSR count). The monoisotopic (exact) mass is 236 g/mol. The first-order valence-electron chi connectivity index (χ1n) is 5.13. The van der Waals surface area contributed by atoms with E-state index in [4.69, 9.17) is 15.7 Å². The first-order valence-corrected chi connectivity index (χ1v) is 5.13. The molecule has 0 aromatic carbocycles. The van der Waals surface area contributed by atoms with Gasteiger partial charge in [-0.25, -0.2) is 4.98 Å². The Morgan fingerprint density at radius 1 is 1.65 bits per heavy atom. The van der Waals surface area contributed by atoms with Crippen LogP contribution in [0.15, 0.2) is 12.1 Å². The quantitative estimate of drug-likeness (QED) is 0.746. The van der Waals surface area contributed by atoms with Crippen LogP contribution in [-0.4, -0.2) is 43.5 Å². The summed E-state index contributed by atoms with van der Waals surface area (Å²) in [5.74, 6) is 0.589. The van der Waals surface area contributed by atoms with Gasteiger partial charge in [0.2, 0.25) is 0 Å². The summed E-state index contributed by atoms with van der Waals surface area (Å²) < 4.78 is 4.83.